The second kappa shape index (κ2) is 4.32. The third-order valence-electron chi connectivity index (χ3n) is 3.49. The second-order valence-electron chi connectivity index (χ2n) is 4.65. The summed E-state index contributed by atoms with van der Waals surface area (Å²) < 4.78 is 5.23. The first-order valence-electron chi connectivity index (χ1n) is 5.90. The summed E-state index contributed by atoms with van der Waals surface area (Å²) in [4.78, 5) is 15.0. The molecule has 100 valence electrons. The van der Waals surface area contributed by atoms with Gasteiger partial charge in [-0.2, -0.15) is 0 Å². The average molecular weight is 299 g/mol. The number of aromatic nitrogens is 1. The van der Waals surface area contributed by atoms with Gasteiger partial charge >= 0.3 is 0 Å². The van der Waals surface area contributed by atoms with Crippen LogP contribution in [0.2, 0.25) is 10.0 Å². The van der Waals surface area contributed by atoms with E-state index in [0.29, 0.717) is 33.6 Å². The fourth-order valence-corrected chi connectivity index (χ4v) is 3.01. The van der Waals surface area contributed by atoms with Gasteiger partial charge in [0.25, 0.3) is 5.91 Å². The van der Waals surface area contributed by atoms with E-state index in [9.17, 15) is 4.79 Å². The molecule has 0 aliphatic carbocycles. The summed E-state index contributed by atoms with van der Waals surface area (Å²) in [6, 6.07) is 1.83. The van der Waals surface area contributed by atoms with Crippen LogP contribution in [0.3, 0.4) is 0 Å². The van der Waals surface area contributed by atoms with Crippen LogP contribution >= 0.6 is 23.2 Å². The Morgan fingerprint density at radius 2 is 2.11 bits per heavy atom. The van der Waals surface area contributed by atoms with Crippen molar-refractivity contribution in [2.24, 2.45) is 0 Å². The molecule has 0 bridgehead atoms. The van der Waals surface area contributed by atoms with E-state index in [0.717, 1.165) is 10.9 Å². The molecule has 19 heavy (non-hydrogen) atoms. The highest BCUT2D eigenvalue weighted by molar-refractivity contribution is 6.46. The molecule has 0 saturated carbocycles. The molecule has 0 radical (unpaired) electrons. The van der Waals surface area contributed by atoms with E-state index in [1.54, 1.807) is 7.11 Å². The van der Waals surface area contributed by atoms with Crippen LogP contribution in [0.25, 0.3) is 10.9 Å². The summed E-state index contributed by atoms with van der Waals surface area (Å²) in [6.07, 6.45) is 0. The molecule has 1 atom stereocenters. The number of fused-ring (bicyclic) bond motifs is 3. The average Bonchev–Trinajstić information content (AvgIpc) is 2.79. The molecule has 1 aromatic carbocycles. The van der Waals surface area contributed by atoms with E-state index in [1.165, 1.54) is 0 Å². The molecule has 6 heteroatoms. The quantitative estimate of drug-likeness (QED) is 0.848. The minimum Gasteiger partial charge on any atom is -0.495 e. The molecule has 2 N–H and O–H groups in total. The van der Waals surface area contributed by atoms with Crippen LogP contribution < -0.4 is 10.1 Å². The molecule has 1 aromatic heterocycles. The summed E-state index contributed by atoms with van der Waals surface area (Å²) in [5.41, 5.74) is 2.21. The molecule has 1 amide bonds. The number of nitrogens with one attached hydrogen (secondary N) is 2. The normalized spacial score (nSPS) is 18.3. The molecule has 1 aliphatic rings. The summed E-state index contributed by atoms with van der Waals surface area (Å²) in [7, 11) is 1.54. The van der Waals surface area contributed by atoms with E-state index in [4.69, 9.17) is 27.9 Å². The van der Waals surface area contributed by atoms with Crippen LogP contribution in [-0.2, 0) is 0 Å². The Labute approximate surface area is 120 Å². The lowest BCUT2D eigenvalue weighted by atomic mass is 9.94. The fraction of sp³-hybridized carbons (Fsp3) is 0.308. The van der Waals surface area contributed by atoms with Gasteiger partial charge in [0.05, 0.1) is 17.6 Å². The molecular weight excluding hydrogens is 287 g/mol. The SMILES string of the molecule is COc1cc2c3c([nH]c2c(Cl)c1Cl)C(=O)NCC3C. The van der Waals surface area contributed by atoms with Gasteiger partial charge in [-0.1, -0.05) is 30.1 Å². The van der Waals surface area contributed by atoms with Crippen LogP contribution in [0.5, 0.6) is 5.75 Å². The van der Waals surface area contributed by atoms with Crippen molar-refractivity contribution in [1.82, 2.24) is 10.3 Å². The second-order valence-corrected chi connectivity index (χ2v) is 5.41. The minimum atomic E-state index is -0.115. The number of halogens is 2. The van der Waals surface area contributed by atoms with Crippen molar-refractivity contribution >= 4 is 40.0 Å². The molecular formula is C13H12Cl2N2O2. The largest absolute Gasteiger partial charge is 0.495 e. The van der Waals surface area contributed by atoms with E-state index in [-0.39, 0.29) is 11.8 Å². The first kappa shape index (κ1) is 12.6. The number of methoxy groups -OCH3 is 1. The summed E-state index contributed by atoms with van der Waals surface area (Å²) in [6.45, 7) is 2.67. The maximum absolute atomic E-state index is 11.9. The summed E-state index contributed by atoms with van der Waals surface area (Å²) in [5.74, 6) is 0.609. The number of ether oxygens (including phenoxy) is 1. The highest BCUT2D eigenvalue weighted by Gasteiger charge is 2.28. The van der Waals surface area contributed by atoms with Gasteiger partial charge in [-0.3, -0.25) is 4.79 Å². The van der Waals surface area contributed by atoms with Crippen molar-refractivity contribution in [2.75, 3.05) is 13.7 Å². The van der Waals surface area contributed by atoms with Crippen molar-refractivity contribution < 1.29 is 9.53 Å². The fourth-order valence-electron chi connectivity index (χ4n) is 2.54. The van der Waals surface area contributed by atoms with E-state index >= 15 is 0 Å². The standard InChI is InChI=1S/C13H12Cl2N2O2/c1-5-4-16-13(18)12-8(5)6-3-7(19-2)9(14)10(15)11(6)17-12/h3,5,17H,4H2,1-2H3,(H,16,18). The van der Waals surface area contributed by atoms with Gasteiger partial charge in [-0.25, -0.2) is 0 Å². The number of amides is 1. The number of aromatic amines is 1. The summed E-state index contributed by atoms with van der Waals surface area (Å²) >= 11 is 12.4. The molecule has 0 spiro atoms. The van der Waals surface area contributed by atoms with Crippen LogP contribution in [0.1, 0.15) is 28.9 Å². The molecule has 1 unspecified atom stereocenters. The van der Waals surface area contributed by atoms with Crippen molar-refractivity contribution in [3.63, 3.8) is 0 Å². The molecule has 1 aliphatic heterocycles. The monoisotopic (exact) mass is 298 g/mol. The zero-order valence-corrected chi connectivity index (χ0v) is 11.9. The van der Waals surface area contributed by atoms with Crippen molar-refractivity contribution in [3.8, 4) is 5.75 Å². The molecule has 3 rings (SSSR count). The first-order chi connectivity index (χ1) is 9.04. The molecule has 4 nitrogen and oxygen atoms in total. The van der Waals surface area contributed by atoms with Gasteiger partial charge in [-0.15, -0.1) is 0 Å². The van der Waals surface area contributed by atoms with Gasteiger partial charge in [0.15, 0.2) is 0 Å². The Hall–Kier alpha value is -1.39. The maximum atomic E-state index is 11.9. The molecule has 2 heterocycles. The zero-order chi connectivity index (χ0) is 13.7. The number of hydrogen-bond acceptors (Lipinski definition) is 2. The molecule has 0 fully saturated rings. The number of carbonyl (C=O) groups excluding carboxylic acids is 1. The maximum Gasteiger partial charge on any atom is 0.268 e. The Kier molecular flexibility index (Phi) is 2.87. The van der Waals surface area contributed by atoms with Crippen LogP contribution in [-0.4, -0.2) is 24.5 Å². The highest BCUT2D eigenvalue weighted by atomic mass is 35.5. The van der Waals surface area contributed by atoms with E-state index < -0.39 is 0 Å². The van der Waals surface area contributed by atoms with Crippen molar-refractivity contribution in [2.45, 2.75) is 12.8 Å². The van der Waals surface area contributed by atoms with E-state index in [2.05, 4.69) is 17.2 Å². The van der Waals surface area contributed by atoms with Gasteiger partial charge in [0.1, 0.15) is 16.5 Å². The lowest BCUT2D eigenvalue weighted by Gasteiger charge is -2.19. The van der Waals surface area contributed by atoms with Gasteiger partial charge < -0.3 is 15.0 Å². The molecule has 2 aromatic rings. The van der Waals surface area contributed by atoms with E-state index in [1.807, 2.05) is 6.07 Å². The molecule has 0 saturated heterocycles. The Balaban J connectivity index is 2.41. The lowest BCUT2D eigenvalue weighted by Crippen LogP contribution is -2.33. The van der Waals surface area contributed by atoms with Crippen LogP contribution in [0, 0.1) is 0 Å². The van der Waals surface area contributed by atoms with Crippen molar-refractivity contribution in [3.05, 3.63) is 27.4 Å². The Morgan fingerprint density at radius 3 is 2.79 bits per heavy atom. The number of rotatable bonds is 1. The highest BCUT2D eigenvalue weighted by Crippen LogP contribution is 2.42. The van der Waals surface area contributed by atoms with Crippen LogP contribution in [0.4, 0.5) is 0 Å². The van der Waals surface area contributed by atoms with Gasteiger partial charge in [0, 0.05) is 17.8 Å². The smallest absolute Gasteiger partial charge is 0.268 e. The number of benzene rings is 1. The number of carbonyl (C=O) groups is 1. The number of H-pyrrole nitrogens is 1. The lowest BCUT2D eigenvalue weighted by molar-refractivity contribution is 0.0937. The third-order valence-corrected chi connectivity index (χ3v) is 4.34. The topological polar surface area (TPSA) is 54.1 Å². The Bertz CT molecular complexity index is 694. The third kappa shape index (κ3) is 1.70. The minimum absolute atomic E-state index is 0.115. The zero-order valence-electron chi connectivity index (χ0n) is 10.4. The van der Waals surface area contributed by atoms with Crippen molar-refractivity contribution in [1.29, 1.82) is 0 Å². The number of hydrogen-bond donors (Lipinski definition) is 2. The Morgan fingerprint density at radius 1 is 1.37 bits per heavy atom. The summed E-state index contributed by atoms with van der Waals surface area (Å²) in [5, 5.41) is 4.46. The first-order valence-corrected chi connectivity index (χ1v) is 6.66. The predicted molar refractivity (Wildman–Crippen MR) is 75.6 cm³/mol. The van der Waals surface area contributed by atoms with Gasteiger partial charge in [0.2, 0.25) is 0 Å². The predicted octanol–water partition coefficient (Wildman–Crippen LogP) is 3.33. The van der Waals surface area contributed by atoms with Crippen LogP contribution in [0.15, 0.2) is 6.07 Å². The van der Waals surface area contributed by atoms with Gasteiger partial charge in [-0.05, 0) is 11.6 Å².